The summed E-state index contributed by atoms with van der Waals surface area (Å²) in [6.07, 6.45) is 0. The quantitative estimate of drug-likeness (QED) is 0.120. The fraction of sp³-hybridized carbons (Fsp3) is 0.231. The maximum atomic E-state index is 2.44. The molecule has 0 unspecified atom stereocenters. The molecule has 0 bridgehead atoms. The van der Waals surface area contributed by atoms with Gasteiger partial charge in [-0.2, -0.15) is 0 Å². The average Bonchev–Trinajstić information content (AvgIpc) is 3.07. The van der Waals surface area contributed by atoms with Gasteiger partial charge in [-0.1, -0.05) is 197 Å². The highest BCUT2D eigenvalue weighted by atomic mass is 14.2. The molecule has 0 aliphatic rings. The Kier molecular flexibility index (Phi) is 8.88. The van der Waals surface area contributed by atoms with Crippen LogP contribution in [0, 0.1) is 83.1 Å². The van der Waals surface area contributed by atoms with Crippen molar-refractivity contribution in [2.75, 3.05) is 0 Å². The third-order valence-corrected chi connectivity index (χ3v) is 12.5. The van der Waals surface area contributed by atoms with Crippen molar-refractivity contribution in [1.29, 1.82) is 0 Å². The van der Waals surface area contributed by atoms with E-state index in [4.69, 9.17) is 0 Å². The largest absolute Gasteiger partial charge is 0.243 e. The number of benzene rings is 8. The van der Waals surface area contributed by atoms with Crippen LogP contribution in [0.15, 0.2) is 97.1 Å². The lowest BCUT2D eigenvalue weighted by Gasteiger charge is -2.27. The smallest absolute Gasteiger partial charge is 0.0657 e. The SMILES string of the molecule is Cc1cc(C)c(B(c2c(C)cc(C)cc2C)c2ccc3ccc4c(B(c5c(C)cc(C)cc5C)c5c(C)cc(C)cc5C)ccc5ccc2c3c54)c(C)c1. The van der Waals surface area contributed by atoms with E-state index in [1.165, 1.54) is 132 Å². The number of hydrogen-bond acceptors (Lipinski definition) is 0. The van der Waals surface area contributed by atoms with Gasteiger partial charge in [0.25, 0.3) is 0 Å². The van der Waals surface area contributed by atoms with Gasteiger partial charge < -0.3 is 0 Å². The van der Waals surface area contributed by atoms with Gasteiger partial charge in [0.1, 0.15) is 0 Å². The molecule has 0 nitrogen and oxygen atoms in total. The van der Waals surface area contributed by atoms with E-state index in [9.17, 15) is 0 Å². The molecule has 0 aromatic heterocycles. The van der Waals surface area contributed by atoms with Crippen LogP contribution in [-0.2, 0) is 0 Å². The van der Waals surface area contributed by atoms with Gasteiger partial charge in [0, 0.05) is 0 Å². The molecule has 8 rings (SSSR count). The molecule has 0 N–H and O–H groups in total. The van der Waals surface area contributed by atoms with E-state index in [1.807, 2.05) is 0 Å². The fourth-order valence-electron chi connectivity index (χ4n) is 10.8. The Hall–Kier alpha value is -5.07. The van der Waals surface area contributed by atoms with Gasteiger partial charge in [0.15, 0.2) is 0 Å². The maximum Gasteiger partial charge on any atom is 0.243 e. The van der Waals surface area contributed by atoms with E-state index >= 15 is 0 Å². The molecule has 266 valence electrons. The van der Waals surface area contributed by atoms with Crippen molar-refractivity contribution in [1.82, 2.24) is 0 Å². The minimum Gasteiger partial charge on any atom is -0.0657 e. The third kappa shape index (κ3) is 5.78. The monoisotopic (exact) mass is 698 g/mol. The van der Waals surface area contributed by atoms with Crippen LogP contribution in [0.2, 0.25) is 0 Å². The zero-order valence-electron chi connectivity index (χ0n) is 34.4. The van der Waals surface area contributed by atoms with Gasteiger partial charge in [0.2, 0.25) is 13.4 Å². The van der Waals surface area contributed by atoms with E-state index in [-0.39, 0.29) is 13.4 Å². The minimum atomic E-state index is 0.110. The first-order valence-electron chi connectivity index (χ1n) is 19.7. The van der Waals surface area contributed by atoms with Crippen molar-refractivity contribution in [3.63, 3.8) is 0 Å². The molecule has 0 heterocycles. The van der Waals surface area contributed by atoms with Crippen LogP contribution >= 0.6 is 0 Å². The molecule has 0 fully saturated rings. The standard InChI is InChI=1S/C52H52B2/c1-29-21-33(5)49(34(6)22-29)53(50-35(7)23-30(2)24-36(50)8)45-19-15-41-14-18-44-46(20-16-42-13-17-43(45)47(41)48(42)44)54(51-37(9)25-31(3)26-38(51)10)52-39(11)27-32(4)28-40(52)12/h13-28H,1-12H3. The zero-order valence-corrected chi connectivity index (χ0v) is 34.4. The number of hydrogen-bond donors (Lipinski definition) is 0. The minimum absolute atomic E-state index is 0.110. The first kappa shape index (κ1) is 35.9. The van der Waals surface area contributed by atoms with Crippen molar-refractivity contribution in [3.05, 3.63) is 164 Å². The first-order chi connectivity index (χ1) is 25.7. The first-order valence-corrected chi connectivity index (χ1v) is 19.7. The lowest BCUT2D eigenvalue weighted by Crippen LogP contribution is -2.56. The van der Waals surface area contributed by atoms with Crippen molar-refractivity contribution >= 4 is 78.5 Å². The second kappa shape index (κ2) is 13.3. The summed E-state index contributed by atoms with van der Waals surface area (Å²) in [5.41, 5.74) is 24.7. The van der Waals surface area contributed by atoms with E-state index in [1.54, 1.807) is 0 Å². The summed E-state index contributed by atoms with van der Waals surface area (Å²) in [6, 6.07) is 38.3. The number of aryl methyl sites for hydroxylation is 12. The van der Waals surface area contributed by atoms with Crippen LogP contribution in [0.25, 0.3) is 32.3 Å². The summed E-state index contributed by atoms with van der Waals surface area (Å²) in [4.78, 5) is 0. The summed E-state index contributed by atoms with van der Waals surface area (Å²) in [6.45, 7) is 27.6. The Morgan fingerprint density at radius 3 is 0.741 bits per heavy atom. The molecule has 54 heavy (non-hydrogen) atoms. The summed E-state index contributed by atoms with van der Waals surface area (Å²) >= 11 is 0. The van der Waals surface area contributed by atoms with Gasteiger partial charge in [-0.25, -0.2) is 0 Å². The van der Waals surface area contributed by atoms with Crippen LogP contribution in [0.4, 0.5) is 0 Å². The van der Waals surface area contributed by atoms with Crippen LogP contribution in [0.5, 0.6) is 0 Å². The molecular weight excluding hydrogens is 646 g/mol. The van der Waals surface area contributed by atoms with Crippen molar-refractivity contribution in [2.24, 2.45) is 0 Å². The zero-order chi connectivity index (χ0) is 38.3. The van der Waals surface area contributed by atoms with E-state index in [0.717, 1.165) is 0 Å². The van der Waals surface area contributed by atoms with Crippen LogP contribution in [0.3, 0.4) is 0 Å². The molecule has 0 aliphatic carbocycles. The highest BCUT2D eigenvalue weighted by Crippen LogP contribution is 2.34. The topological polar surface area (TPSA) is 0 Å². The molecule has 0 spiro atoms. The molecule has 8 aromatic rings. The lowest BCUT2D eigenvalue weighted by molar-refractivity contribution is 1.34. The normalized spacial score (nSPS) is 11.7. The van der Waals surface area contributed by atoms with E-state index in [2.05, 4.69) is 180 Å². The Labute approximate surface area is 324 Å². The predicted molar refractivity (Wildman–Crippen MR) is 242 cm³/mol. The molecule has 2 heteroatoms. The average molecular weight is 699 g/mol. The van der Waals surface area contributed by atoms with Crippen molar-refractivity contribution in [3.8, 4) is 0 Å². The Morgan fingerprint density at radius 2 is 0.500 bits per heavy atom. The van der Waals surface area contributed by atoms with Gasteiger partial charge in [0.05, 0.1) is 0 Å². The molecule has 0 saturated heterocycles. The molecular formula is C52H52B2. The lowest BCUT2D eigenvalue weighted by atomic mass is 9.33. The Balaban J connectivity index is 1.48. The maximum absolute atomic E-state index is 2.44. The summed E-state index contributed by atoms with van der Waals surface area (Å²) in [7, 11) is 0. The summed E-state index contributed by atoms with van der Waals surface area (Å²) in [5, 5.41) is 8.08. The van der Waals surface area contributed by atoms with Crippen LogP contribution in [-0.4, -0.2) is 13.4 Å². The molecule has 0 aliphatic heterocycles. The Bertz CT molecular complexity index is 2400. The van der Waals surface area contributed by atoms with Gasteiger partial charge >= 0.3 is 0 Å². The predicted octanol–water partition coefficient (Wildman–Crippen LogP) is 9.32. The molecule has 8 aromatic carbocycles. The molecule has 0 amide bonds. The molecule has 0 saturated carbocycles. The second-order valence-corrected chi connectivity index (χ2v) is 16.8. The Morgan fingerprint density at radius 1 is 0.278 bits per heavy atom. The molecule has 0 radical (unpaired) electrons. The highest BCUT2D eigenvalue weighted by Gasteiger charge is 2.33. The van der Waals surface area contributed by atoms with Crippen molar-refractivity contribution < 1.29 is 0 Å². The third-order valence-electron chi connectivity index (χ3n) is 12.5. The fourth-order valence-corrected chi connectivity index (χ4v) is 10.8. The van der Waals surface area contributed by atoms with E-state index in [0.29, 0.717) is 0 Å². The summed E-state index contributed by atoms with van der Waals surface area (Å²) < 4.78 is 0. The van der Waals surface area contributed by atoms with Gasteiger partial charge in [-0.05, 0) is 115 Å². The highest BCUT2D eigenvalue weighted by molar-refractivity contribution is 6.99. The van der Waals surface area contributed by atoms with Gasteiger partial charge in [-0.15, -0.1) is 0 Å². The van der Waals surface area contributed by atoms with Crippen molar-refractivity contribution in [2.45, 2.75) is 83.1 Å². The van der Waals surface area contributed by atoms with E-state index < -0.39 is 0 Å². The summed E-state index contributed by atoms with van der Waals surface area (Å²) in [5.74, 6) is 0. The second-order valence-electron chi connectivity index (χ2n) is 16.8. The van der Waals surface area contributed by atoms with Gasteiger partial charge in [-0.3, -0.25) is 0 Å². The van der Waals surface area contributed by atoms with Crippen LogP contribution < -0.4 is 32.8 Å². The van der Waals surface area contributed by atoms with Crippen LogP contribution in [0.1, 0.15) is 66.8 Å². The number of rotatable bonds is 6. The molecule has 0 atom stereocenters.